The standard InChI is InChI=1S/C13H12BrClN2O/c1-2-3-11-12(15)16-8-17-13(11)18-10-6-4-9(14)5-7-10/h4-8H,2-3H2,1H3. The first-order valence-corrected chi connectivity index (χ1v) is 6.80. The molecule has 0 saturated carbocycles. The van der Waals surface area contributed by atoms with Crippen LogP contribution in [0.2, 0.25) is 5.15 Å². The van der Waals surface area contributed by atoms with Gasteiger partial charge in [0.2, 0.25) is 5.88 Å². The first kappa shape index (κ1) is 13.3. The number of ether oxygens (including phenoxy) is 1. The summed E-state index contributed by atoms with van der Waals surface area (Å²) >= 11 is 9.44. The van der Waals surface area contributed by atoms with Crippen LogP contribution in [-0.4, -0.2) is 9.97 Å². The van der Waals surface area contributed by atoms with Crippen molar-refractivity contribution in [3.63, 3.8) is 0 Å². The monoisotopic (exact) mass is 326 g/mol. The van der Waals surface area contributed by atoms with Crippen LogP contribution in [0.4, 0.5) is 0 Å². The lowest BCUT2D eigenvalue weighted by molar-refractivity contribution is 0.454. The van der Waals surface area contributed by atoms with Crippen molar-refractivity contribution >= 4 is 27.5 Å². The molecule has 1 aromatic carbocycles. The largest absolute Gasteiger partial charge is 0.439 e. The fourth-order valence-corrected chi connectivity index (χ4v) is 2.02. The van der Waals surface area contributed by atoms with Gasteiger partial charge in [0.1, 0.15) is 17.2 Å². The van der Waals surface area contributed by atoms with Gasteiger partial charge < -0.3 is 4.74 Å². The maximum Gasteiger partial charge on any atom is 0.226 e. The molecule has 0 atom stereocenters. The highest BCUT2D eigenvalue weighted by molar-refractivity contribution is 9.10. The lowest BCUT2D eigenvalue weighted by Crippen LogP contribution is -1.97. The molecule has 0 N–H and O–H groups in total. The van der Waals surface area contributed by atoms with Crippen LogP contribution < -0.4 is 4.74 Å². The van der Waals surface area contributed by atoms with Crippen molar-refractivity contribution in [1.29, 1.82) is 0 Å². The molecule has 3 nitrogen and oxygen atoms in total. The molecule has 0 amide bonds. The normalized spacial score (nSPS) is 10.4. The van der Waals surface area contributed by atoms with Crippen molar-refractivity contribution in [3.05, 3.63) is 45.8 Å². The van der Waals surface area contributed by atoms with E-state index in [9.17, 15) is 0 Å². The summed E-state index contributed by atoms with van der Waals surface area (Å²) in [7, 11) is 0. The Morgan fingerprint density at radius 2 is 1.94 bits per heavy atom. The predicted molar refractivity (Wildman–Crippen MR) is 75.3 cm³/mol. The van der Waals surface area contributed by atoms with E-state index >= 15 is 0 Å². The first-order chi connectivity index (χ1) is 8.70. The molecule has 0 bridgehead atoms. The van der Waals surface area contributed by atoms with Crippen molar-refractivity contribution in [2.24, 2.45) is 0 Å². The maximum absolute atomic E-state index is 6.06. The van der Waals surface area contributed by atoms with Crippen LogP contribution >= 0.6 is 27.5 Å². The number of rotatable bonds is 4. The van der Waals surface area contributed by atoms with Gasteiger partial charge in [-0.2, -0.15) is 0 Å². The van der Waals surface area contributed by atoms with Crippen LogP contribution in [0, 0.1) is 0 Å². The van der Waals surface area contributed by atoms with E-state index in [0.717, 1.165) is 28.6 Å². The number of hydrogen-bond donors (Lipinski definition) is 0. The summed E-state index contributed by atoms with van der Waals surface area (Å²) in [5.41, 5.74) is 0.851. The fraction of sp³-hybridized carbons (Fsp3) is 0.231. The zero-order chi connectivity index (χ0) is 13.0. The highest BCUT2D eigenvalue weighted by Gasteiger charge is 2.11. The van der Waals surface area contributed by atoms with Crippen molar-refractivity contribution in [1.82, 2.24) is 9.97 Å². The topological polar surface area (TPSA) is 35.0 Å². The van der Waals surface area contributed by atoms with E-state index in [4.69, 9.17) is 16.3 Å². The molecule has 0 aliphatic carbocycles. The molecule has 0 aliphatic heterocycles. The van der Waals surface area contributed by atoms with Gasteiger partial charge in [-0.15, -0.1) is 0 Å². The molecule has 2 rings (SSSR count). The first-order valence-electron chi connectivity index (χ1n) is 5.63. The molecule has 0 aliphatic rings. The minimum absolute atomic E-state index is 0.457. The summed E-state index contributed by atoms with van der Waals surface area (Å²) in [6.45, 7) is 2.08. The van der Waals surface area contributed by atoms with Gasteiger partial charge in [0.05, 0.1) is 5.56 Å². The number of halogens is 2. The van der Waals surface area contributed by atoms with E-state index in [0.29, 0.717) is 11.0 Å². The number of aromatic nitrogens is 2. The van der Waals surface area contributed by atoms with E-state index in [-0.39, 0.29) is 0 Å². The van der Waals surface area contributed by atoms with Gasteiger partial charge in [-0.3, -0.25) is 0 Å². The number of hydrogen-bond acceptors (Lipinski definition) is 3. The summed E-state index contributed by atoms with van der Waals surface area (Å²) < 4.78 is 6.75. The zero-order valence-electron chi connectivity index (χ0n) is 9.86. The Balaban J connectivity index is 2.28. The Morgan fingerprint density at radius 1 is 1.22 bits per heavy atom. The average molecular weight is 328 g/mol. The smallest absolute Gasteiger partial charge is 0.226 e. The zero-order valence-corrected chi connectivity index (χ0v) is 12.2. The fourth-order valence-electron chi connectivity index (χ4n) is 1.54. The van der Waals surface area contributed by atoms with Crippen LogP contribution in [0.1, 0.15) is 18.9 Å². The third-order valence-electron chi connectivity index (χ3n) is 2.38. The molecular weight excluding hydrogens is 316 g/mol. The van der Waals surface area contributed by atoms with Crippen molar-refractivity contribution in [2.45, 2.75) is 19.8 Å². The minimum atomic E-state index is 0.457. The quantitative estimate of drug-likeness (QED) is 0.767. The third kappa shape index (κ3) is 3.21. The Kier molecular flexibility index (Phi) is 4.55. The van der Waals surface area contributed by atoms with Crippen LogP contribution in [-0.2, 0) is 6.42 Å². The molecule has 2 aromatic rings. The van der Waals surface area contributed by atoms with Gasteiger partial charge in [-0.1, -0.05) is 40.9 Å². The molecule has 94 valence electrons. The van der Waals surface area contributed by atoms with Crippen LogP contribution in [0.3, 0.4) is 0 Å². The molecule has 5 heteroatoms. The van der Waals surface area contributed by atoms with E-state index < -0.39 is 0 Å². The summed E-state index contributed by atoms with van der Waals surface area (Å²) in [6.07, 6.45) is 3.17. The van der Waals surface area contributed by atoms with Gasteiger partial charge in [0, 0.05) is 4.47 Å². The SMILES string of the molecule is CCCc1c(Cl)ncnc1Oc1ccc(Br)cc1. The second-order valence-electron chi connectivity index (χ2n) is 3.75. The number of benzene rings is 1. The molecule has 0 fully saturated rings. The van der Waals surface area contributed by atoms with Gasteiger partial charge in [-0.25, -0.2) is 9.97 Å². The molecule has 0 spiro atoms. The van der Waals surface area contributed by atoms with E-state index in [1.54, 1.807) is 0 Å². The summed E-state index contributed by atoms with van der Waals surface area (Å²) in [5.74, 6) is 1.25. The highest BCUT2D eigenvalue weighted by Crippen LogP contribution is 2.28. The minimum Gasteiger partial charge on any atom is -0.439 e. The lowest BCUT2D eigenvalue weighted by atomic mass is 10.2. The molecule has 0 radical (unpaired) electrons. The van der Waals surface area contributed by atoms with E-state index in [1.165, 1.54) is 6.33 Å². The van der Waals surface area contributed by atoms with Crippen LogP contribution in [0.5, 0.6) is 11.6 Å². The Labute approximate surface area is 119 Å². The Morgan fingerprint density at radius 3 is 2.61 bits per heavy atom. The molecule has 1 aromatic heterocycles. The predicted octanol–water partition coefficient (Wildman–Crippen LogP) is 4.64. The molecule has 0 saturated heterocycles. The molecule has 18 heavy (non-hydrogen) atoms. The summed E-state index contributed by atoms with van der Waals surface area (Å²) in [4.78, 5) is 8.13. The summed E-state index contributed by atoms with van der Waals surface area (Å²) in [6, 6.07) is 7.57. The van der Waals surface area contributed by atoms with E-state index in [2.05, 4.69) is 32.8 Å². The Hall–Kier alpha value is -1.13. The van der Waals surface area contributed by atoms with Crippen molar-refractivity contribution in [3.8, 4) is 11.6 Å². The number of nitrogens with zero attached hydrogens (tertiary/aromatic N) is 2. The maximum atomic E-state index is 6.06. The van der Waals surface area contributed by atoms with Gasteiger partial charge in [0.15, 0.2) is 0 Å². The third-order valence-corrected chi connectivity index (χ3v) is 3.24. The van der Waals surface area contributed by atoms with Gasteiger partial charge in [0.25, 0.3) is 0 Å². The van der Waals surface area contributed by atoms with Crippen LogP contribution in [0.25, 0.3) is 0 Å². The van der Waals surface area contributed by atoms with Gasteiger partial charge in [-0.05, 0) is 30.7 Å². The summed E-state index contributed by atoms with van der Waals surface area (Å²) in [5, 5.41) is 0.457. The molecule has 0 unspecified atom stereocenters. The van der Waals surface area contributed by atoms with Crippen molar-refractivity contribution < 1.29 is 4.74 Å². The van der Waals surface area contributed by atoms with E-state index in [1.807, 2.05) is 24.3 Å². The van der Waals surface area contributed by atoms with Crippen molar-refractivity contribution in [2.75, 3.05) is 0 Å². The highest BCUT2D eigenvalue weighted by atomic mass is 79.9. The Bertz CT molecular complexity index is 531. The van der Waals surface area contributed by atoms with Crippen LogP contribution in [0.15, 0.2) is 35.1 Å². The second kappa shape index (κ2) is 6.16. The lowest BCUT2D eigenvalue weighted by Gasteiger charge is -2.10. The van der Waals surface area contributed by atoms with Gasteiger partial charge >= 0.3 is 0 Å². The molecular formula is C13H12BrClN2O. The second-order valence-corrected chi connectivity index (χ2v) is 5.03. The average Bonchev–Trinajstić information content (AvgIpc) is 2.36. The molecule has 1 heterocycles.